The molecule has 1 atom stereocenters. The minimum atomic E-state index is -0.962. The number of cyclic esters (lactones) is 1. The number of hydrogen-bond acceptors (Lipinski definition) is 2. The minimum Gasteiger partial charge on any atom is -0.465 e. The minimum absolute atomic E-state index is 0.0354. The first-order valence-electron chi connectivity index (χ1n) is 4.66. The van der Waals surface area contributed by atoms with E-state index in [4.69, 9.17) is 4.74 Å². The van der Waals surface area contributed by atoms with E-state index in [1.807, 2.05) is 0 Å². The Bertz CT molecular complexity index is 172. The number of ether oxygens (including phenoxy) is 1. The molecule has 0 bridgehead atoms. The van der Waals surface area contributed by atoms with Crippen molar-refractivity contribution in [2.75, 3.05) is 6.61 Å². The van der Waals surface area contributed by atoms with Crippen molar-refractivity contribution in [1.29, 1.82) is 0 Å². The zero-order valence-corrected chi connectivity index (χ0v) is 9.22. The summed E-state index contributed by atoms with van der Waals surface area (Å²) in [6, 6.07) is 1.24. The second kappa shape index (κ2) is 3.60. The first-order valence-corrected chi connectivity index (χ1v) is 8.36. The maximum atomic E-state index is 11.1. The van der Waals surface area contributed by atoms with Crippen molar-refractivity contribution >= 4 is 14.0 Å². The van der Waals surface area contributed by atoms with E-state index in [9.17, 15) is 4.79 Å². The maximum Gasteiger partial charge on any atom is 0.309 e. The molecule has 1 heterocycles. The van der Waals surface area contributed by atoms with E-state index in [1.54, 1.807) is 0 Å². The van der Waals surface area contributed by atoms with E-state index >= 15 is 0 Å². The van der Waals surface area contributed by atoms with E-state index in [0.717, 1.165) is 12.8 Å². The van der Waals surface area contributed by atoms with E-state index in [0.29, 0.717) is 6.61 Å². The average molecular weight is 186 g/mol. The lowest BCUT2D eigenvalue weighted by Crippen LogP contribution is -2.21. The Hall–Kier alpha value is -0.313. The molecule has 0 aromatic heterocycles. The third-order valence-electron chi connectivity index (χ3n) is 2.29. The molecule has 0 N–H and O–H groups in total. The van der Waals surface area contributed by atoms with Crippen molar-refractivity contribution in [3.8, 4) is 0 Å². The van der Waals surface area contributed by atoms with Gasteiger partial charge in [-0.15, -0.1) is 0 Å². The van der Waals surface area contributed by atoms with Gasteiger partial charge in [0.2, 0.25) is 0 Å². The van der Waals surface area contributed by atoms with Crippen LogP contribution in [0.3, 0.4) is 0 Å². The lowest BCUT2D eigenvalue weighted by molar-refractivity contribution is -0.141. The molecule has 1 unspecified atom stereocenters. The van der Waals surface area contributed by atoms with Crippen LogP contribution in [0.5, 0.6) is 0 Å². The van der Waals surface area contributed by atoms with Gasteiger partial charge in [0.15, 0.2) is 0 Å². The molecular weight excluding hydrogens is 168 g/mol. The van der Waals surface area contributed by atoms with Crippen LogP contribution in [-0.2, 0) is 9.53 Å². The number of esters is 1. The Balaban J connectivity index is 2.27. The van der Waals surface area contributed by atoms with Crippen LogP contribution in [0.15, 0.2) is 0 Å². The smallest absolute Gasteiger partial charge is 0.309 e. The average Bonchev–Trinajstić information content (AvgIpc) is 2.29. The van der Waals surface area contributed by atoms with Crippen molar-refractivity contribution in [1.82, 2.24) is 0 Å². The lowest BCUT2D eigenvalue weighted by Gasteiger charge is -2.16. The van der Waals surface area contributed by atoms with Crippen LogP contribution in [0.2, 0.25) is 25.7 Å². The molecule has 0 aliphatic carbocycles. The predicted molar refractivity (Wildman–Crippen MR) is 51.8 cm³/mol. The Morgan fingerprint density at radius 1 is 1.50 bits per heavy atom. The van der Waals surface area contributed by atoms with Crippen LogP contribution in [0.25, 0.3) is 0 Å². The molecule has 0 aromatic carbocycles. The highest BCUT2D eigenvalue weighted by molar-refractivity contribution is 6.76. The first kappa shape index (κ1) is 9.77. The quantitative estimate of drug-likeness (QED) is 0.499. The summed E-state index contributed by atoms with van der Waals surface area (Å²) in [6.07, 6.45) is 2.00. The van der Waals surface area contributed by atoms with Gasteiger partial charge < -0.3 is 4.74 Å². The molecular formula is C9H18O2Si. The largest absolute Gasteiger partial charge is 0.465 e. The van der Waals surface area contributed by atoms with Gasteiger partial charge in [0.1, 0.15) is 0 Å². The maximum absolute atomic E-state index is 11.1. The Labute approximate surface area is 75.3 Å². The predicted octanol–water partition coefficient (Wildman–Crippen LogP) is 2.28. The van der Waals surface area contributed by atoms with Gasteiger partial charge in [-0.3, -0.25) is 4.79 Å². The number of carbonyl (C=O) groups excluding carboxylic acids is 1. The van der Waals surface area contributed by atoms with Crippen molar-refractivity contribution in [2.24, 2.45) is 5.92 Å². The molecule has 1 aliphatic rings. The van der Waals surface area contributed by atoms with Crippen molar-refractivity contribution < 1.29 is 9.53 Å². The summed E-state index contributed by atoms with van der Waals surface area (Å²) in [5, 5.41) is 0. The molecule has 1 aliphatic heterocycles. The lowest BCUT2D eigenvalue weighted by atomic mass is 10.1. The monoisotopic (exact) mass is 186 g/mol. The standard InChI is InChI=1S/C9H18O2Si/c1-12(2,3)7-5-8-4-6-11-9(8)10/h8H,4-7H2,1-3H3. The number of rotatable bonds is 3. The molecule has 0 saturated carbocycles. The summed E-state index contributed by atoms with van der Waals surface area (Å²) in [4.78, 5) is 11.1. The van der Waals surface area contributed by atoms with E-state index in [1.165, 1.54) is 6.04 Å². The van der Waals surface area contributed by atoms with Gasteiger partial charge in [0.05, 0.1) is 12.5 Å². The fourth-order valence-electron chi connectivity index (χ4n) is 1.41. The van der Waals surface area contributed by atoms with E-state index in [2.05, 4.69) is 19.6 Å². The van der Waals surface area contributed by atoms with E-state index < -0.39 is 8.07 Å². The van der Waals surface area contributed by atoms with Crippen molar-refractivity contribution in [3.63, 3.8) is 0 Å². The second-order valence-electron chi connectivity index (χ2n) is 4.75. The van der Waals surface area contributed by atoms with Crippen LogP contribution in [0.4, 0.5) is 0 Å². The molecule has 0 spiro atoms. The van der Waals surface area contributed by atoms with Gasteiger partial charge in [-0.05, 0) is 12.8 Å². The fraction of sp³-hybridized carbons (Fsp3) is 0.889. The highest BCUT2D eigenvalue weighted by Crippen LogP contribution is 2.23. The van der Waals surface area contributed by atoms with Gasteiger partial charge in [0, 0.05) is 8.07 Å². The summed E-state index contributed by atoms with van der Waals surface area (Å²) in [5.41, 5.74) is 0. The number of hydrogen-bond donors (Lipinski definition) is 0. The Morgan fingerprint density at radius 2 is 2.17 bits per heavy atom. The molecule has 12 heavy (non-hydrogen) atoms. The zero-order valence-electron chi connectivity index (χ0n) is 8.22. The molecule has 1 rings (SSSR count). The van der Waals surface area contributed by atoms with Crippen LogP contribution in [-0.4, -0.2) is 20.7 Å². The Morgan fingerprint density at radius 3 is 2.58 bits per heavy atom. The summed E-state index contributed by atoms with van der Waals surface area (Å²) in [6.45, 7) is 7.67. The highest BCUT2D eigenvalue weighted by atomic mass is 28.3. The Kier molecular flexibility index (Phi) is 2.93. The molecule has 1 fully saturated rings. The van der Waals surface area contributed by atoms with Crippen LogP contribution in [0.1, 0.15) is 12.8 Å². The van der Waals surface area contributed by atoms with Gasteiger partial charge in [-0.2, -0.15) is 0 Å². The zero-order chi connectivity index (χ0) is 9.19. The highest BCUT2D eigenvalue weighted by Gasteiger charge is 2.27. The fourth-order valence-corrected chi connectivity index (χ4v) is 2.62. The van der Waals surface area contributed by atoms with Gasteiger partial charge in [-0.1, -0.05) is 25.7 Å². The van der Waals surface area contributed by atoms with Crippen LogP contribution in [0, 0.1) is 5.92 Å². The topological polar surface area (TPSA) is 26.3 Å². The number of carbonyl (C=O) groups is 1. The SMILES string of the molecule is C[Si](C)(C)CCC1CCOC1=O. The second-order valence-corrected chi connectivity index (χ2v) is 10.4. The summed E-state index contributed by atoms with van der Waals surface area (Å²) >= 11 is 0. The van der Waals surface area contributed by atoms with Crippen LogP contribution >= 0.6 is 0 Å². The third kappa shape index (κ3) is 2.97. The first-order chi connectivity index (χ1) is 5.49. The van der Waals surface area contributed by atoms with Crippen molar-refractivity contribution in [3.05, 3.63) is 0 Å². The normalized spacial score (nSPS) is 24.2. The van der Waals surface area contributed by atoms with Gasteiger partial charge in [-0.25, -0.2) is 0 Å². The molecule has 0 aromatic rings. The third-order valence-corrected chi connectivity index (χ3v) is 4.08. The summed E-state index contributed by atoms with van der Waals surface area (Å²) in [5.74, 6) is 0.255. The van der Waals surface area contributed by atoms with Crippen LogP contribution < -0.4 is 0 Å². The molecule has 1 saturated heterocycles. The molecule has 70 valence electrons. The molecule has 0 radical (unpaired) electrons. The molecule has 0 amide bonds. The summed E-state index contributed by atoms with van der Waals surface area (Å²) in [7, 11) is -0.962. The van der Waals surface area contributed by atoms with Gasteiger partial charge >= 0.3 is 5.97 Å². The van der Waals surface area contributed by atoms with Gasteiger partial charge in [0.25, 0.3) is 0 Å². The summed E-state index contributed by atoms with van der Waals surface area (Å²) < 4.78 is 4.91. The van der Waals surface area contributed by atoms with E-state index in [-0.39, 0.29) is 11.9 Å². The molecule has 2 nitrogen and oxygen atoms in total. The molecule has 3 heteroatoms. The van der Waals surface area contributed by atoms with Crippen molar-refractivity contribution in [2.45, 2.75) is 38.5 Å².